The first kappa shape index (κ1) is 14.3. The summed E-state index contributed by atoms with van der Waals surface area (Å²) in [4.78, 5) is 14.5. The molecule has 5 heteroatoms. The predicted octanol–water partition coefficient (Wildman–Crippen LogP) is 3.30. The summed E-state index contributed by atoms with van der Waals surface area (Å²) in [6.45, 7) is 5.26. The summed E-state index contributed by atoms with van der Waals surface area (Å²) >= 11 is 5.68. The van der Waals surface area contributed by atoms with Crippen molar-refractivity contribution in [3.8, 4) is 0 Å². The molecule has 0 unspecified atom stereocenters. The molecule has 0 aliphatic carbocycles. The van der Waals surface area contributed by atoms with Gasteiger partial charge < -0.3 is 9.64 Å². The Labute approximate surface area is 129 Å². The zero-order valence-electron chi connectivity index (χ0n) is 10.3. The number of amides is 1. The monoisotopic (exact) mass is 423 g/mol. The molecule has 1 fully saturated rings. The maximum absolute atomic E-state index is 12.6. The Morgan fingerprint density at radius 2 is 2.00 bits per heavy atom. The topological polar surface area (TPSA) is 29.5 Å². The lowest BCUT2D eigenvalue weighted by Crippen LogP contribution is -2.52. The van der Waals surface area contributed by atoms with Crippen molar-refractivity contribution in [3.05, 3.63) is 31.8 Å². The summed E-state index contributed by atoms with van der Waals surface area (Å²) in [6.07, 6.45) is 0. The van der Waals surface area contributed by atoms with Crippen LogP contribution in [0, 0.1) is 3.57 Å². The molecular weight excluding hydrogens is 409 g/mol. The summed E-state index contributed by atoms with van der Waals surface area (Å²) < 4.78 is 7.37. The van der Waals surface area contributed by atoms with E-state index in [-0.39, 0.29) is 18.0 Å². The highest BCUT2D eigenvalue weighted by Crippen LogP contribution is 2.24. The second-order valence-electron chi connectivity index (χ2n) is 4.57. The molecule has 0 spiro atoms. The van der Waals surface area contributed by atoms with Crippen LogP contribution in [0.4, 0.5) is 0 Å². The fourth-order valence-corrected chi connectivity index (χ4v) is 3.11. The smallest absolute Gasteiger partial charge is 0.255 e. The lowest BCUT2D eigenvalue weighted by Gasteiger charge is -2.39. The second kappa shape index (κ2) is 5.88. The van der Waals surface area contributed by atoms with Crippen LogP contribution in [0.1, 0.15) is 24.2 Å². The Balaban J connectivity index is 2.32. The van der Waals surface area contributed by atoms with Crippen molar-refractivity contribution in [1.29, 1.82) is 0 Å². The first-order valence-electron chi connectivity index (χ1n) is 5.86. The van der Waals surface area contributed by atoms with E-state index in [1.165, 1.54) is 0 Å². The molecule has 3 nitrogen and oxygen atoms in total. The molecule has 1 aromatic rings. The lowest BCUT2D eigenvalue weighted by molar-refractivity contribution is -0.0250. The maximum atomic E-state index is 12.6. The van der Waals surface area contributed by atoms with E-state index >= 15 is 0 Å². The van der Waals surface area contributed by atoms with Gasteiger partial charge in [0.1, 0.15) is 0 Å². The van der Waals surface area contributed by atoms with Crippen molar-refractivity contribution >= 4 is 44.4 Å². The molecule has 0 radical (unpaired) electrons. The Bertz CT molecular complexity index is 456. The van der Waals surface area contributed by atoms with Crippen LogP contribution in [-0.4, -0.2) is 36.1 Å². The second-order valence-corrected chi connectivity index (χ2v) is 6.67. The standard InChI is InChI=1S/C13H15BrINO2/c1-8-6-18-7-9(2)16(8)13(17)11-5-10(15)3-4-12(11)14/h3-5,8-9H,6-7H2,1-2H3/t8-,9-/m1/s1. The third-order valence-electron chi connectivity index (χ3n) is 3.06. The third kappa shape index (κ3) is 2.88. The summed E-state index contributed by atoms with van der Waals surface area (Å²) in [5.74, 6) is 0.0729. The number of benzene rings is 1. The summed E-state index contributed by atoms with van der Waals surface area (Å²) in [6, 6.07) is 6.05. The van der Waals surface area contributed by atoms with Gasteiger partial charge in [0.15, 0.2) is 0 Å². The first-order valence-corrected chi connectivity index (χ1v) is 7.73. The van der Waals surface area contributed by atoms with Crippen LogP contribution in [0.15, 0.2) is 22.7 Å². The SMILES string of the molecule is C[C@@H]1COC[C@@H](C)N1C(=O)c1cc(I)ccc1Br. The van der Waals surface area contributed by atoms with E-state index in [9.17, 15) is 4.79 Å². The zero-order chi connectivity index (χ0) is 13.3. The van der Waals surface area contributed by atoms with Gasteiger partial charge in [0, 0.05) is 8.04 Å². The minimum Gasteiger partial charge on any atom is -0.377 e. The van der Waals surface area contributed by atoms with Crippen LogP contribution in [0.5, 0.6) is 0 Å². The minimum atomic E-state index is 0.0729. The molecule has 2 atom stereocenters. The summed E-state index contributed by atoms with van der Waals surface area (Å²) in [7, 11) is 0. The maximum Gasteiger partial charge on any atom is 0.255 e. The van der Waals surface area contributed by atoms with Gasteiger partial charge in [-0.15, -0.1) is 0 Å². The van der Waals surface area contributed by atoms with Gasteiger partial charge in [-0.05, 0) is 70.6 Å². The van der Waals surface area contributed by atoms with Gasteiger partial charge >= 0.3 is 0 Å². The molecule has 1 saturated heterocycles. The quantitative estimate of drug-likeness (QED) is 0.648. The molecule has 1 aromatic carbocycles. The van der Waals surface area contributed by atoms with Crippen molar-refractivity contribution in [2.24, 2.45) is 0 Å². The van der Waals surface area contributed by atoms with Gasteiger partial charge in [0.2, 0.25) is 0 Å². The van der Waals surface area contributed by atoms with Gasteiger partial charge in [0.05, 0.1) is 30.9 Å². The van der Waals surface area contributed by atoms with Crippen LogP contribution in [0.3, 0.4) is 0 Å². The minimum absolute atomic E-state index is 0.0729. The van der Waals surface area contributed by atoms with Crippen LogP contribution in [0.2, 0.25) is 0 Å². The van der Waals surface area contributed by atoms with Crippen LogP contribution >= 0.6 is 38.5 Å². The molecule has 1 aliphatic rings. The van der Waals surface area contributed by atoms with E-state index in [1.807, 2.05) is 36.9 Å². The highest BCUT2D eigenvalue weighted by Gasteiger charge is 2.31. The lowest BCUT2D eigenvalue weighted by atomic mass is 10.1. The number of ether oxygens (including phenoxy) is 1. The van der Waals surface area contributed by atoms with E-state index in [0.29, 0.717) is 13.2 Å². The van der Waals surface area contributed by atoms with Gasteiger partial charge in [-0.1, -0.05) is 0 Å². The summed E-state index contributed by atoms with van der Waals surface area (Å²) in [5.41, 5.74) is 0.725. The van der Waals surface area contributed by atoms with E-state index in [1.54, 1.807) is 0 Å². The first-order chi connectivity index (χ1) is 8.50. The molecule has 98 valence electrons. The fraction of sp³-hybridized carbons (Fsp3) is 0.462. The van der Waals surface area contributed by atoms with Crippen LogP contribution in [0.25, 0.3) is 0 Å². The molecule has 1 aliphatic heterocycles. The van der Waals surface area contributed by atoms with Gasteiger partial charge in [-0.3, -0.25) is 4.79 Å². The van der Waals surface area contributed by atoms with E-state index in [4.69, 9.17) is 4.74 Å². The van der Waals surface area contributed by atoms with Crippen molar-refractivity contribution in [3.63, 3.8) is 0 Å². The average molecular weight is 424 g/mol. The van der Waals surface area contributed by atoms with Crippen molar-refractivity contribution in [2.45, 2.75) is 25.9 Å². The van der Waals surface area contributed by atoms with Gasteiger partial charge in [-0.25, -0.2) is 0 Å². The van der Waals surface area contributed by atoms with E-state index in [0.717, 1.165) is 13.6 Å². The molecule has 18 heavy (non-hydrogen) atoms. The molecule has 2 rings (SSSR count). The fourth-order valence-electron chi connectivity index (χ4n) is 2.20. The molecule has 1 amide bonds. The van der Waals surface area contributed by atoms with E-state index < -0.39 is 0 Å². The highest BCUT2D eigenvalue weighted by molar-refractivity contribution is 14.1. The molecule has 1 heterocycles. The van der Waals surface area contributed by atoms with Crippen LogP contribution < -0.4 is 0 Å². The Kier molecular flexibility index (Phi) is 4.66. The Morgan fingerprint density at radius 3 is 2.61 bits per heavy atom. The number of nitrogens with zero attached hydrogens (tertiary/aromatic N) is 1. The number of halogens is 2. The number of hydrogen-bond acceptors (Lipinski definition) is 2. The molecule has 0 bridgehead atoms. The summed E-state index contributed by atoms with van der Waals surface area (Å²) in [5, 5.41) is 0. The molecule has 0 N–H and O–H groups in total. The normalized spacial score (nSPS) is 24.1. The number of morpholine rings is 1. The average Bonchev–Trinajstić information content (AvgIpc) is 2.32. The van der Waals surface area contributed by atoms with Crippen molar-refractivity contribution < 1.29 is 9.53 Å². The number of hydrogen-bond donors (Lipinski definition) is 0. The Morgan fingerprint density at radius 1 is 1.39 bits per heavy atom. The Hall–Kier alpha value is -0.140. The third-order valence-corrected chi connectivity index (χ3v) is 4.42. The van der Waals surface area contributed by atoms with Gasteiger partial charge in [-0.2, -0.15) is 0 Å². The molecule has 0 saturated carbocycles. The zero-order valence-corrected chi connectivity index (χ0v) is 14.1. The van der Waals surface area contributed by atoms with Gasteiger partial charge in [0.25, 0.3) is 5.91 Å². The molecular formula is C13H15BrINO2. The number of carbonyl (C=O) groups excluding carboxylic acids is 1. The van der Waals surface area contributed by atoms with E-state index in [2.05, 4.69) is 38.5 Å². The van der Waals surface area contributed by atoms with Crippen LogP contribution in [-0.2, 0) is 4.74 Å². The largest absolute Gasteiger partial charge is 0.377 e. The molecule has 0 aromatic heterocycles. The number of carbonyl (C=O) groups is 1. The highest BCUT2D eigenvalue weighted by atomic mass is 127. The number of rotatable bonds is 1. The van der Waals surface area contributed by atoms with Crippen molar-refractivity contribution in [2.75, 3.05) is 13.2 Å². The predicted molar refractivity (Wildman–Crippen MR) is 82.8 cm³/mol. The van der Waals surface area contributed by atoms with Crippen molar-refractivity contribution in [1.82, 2.24) is 4.90 Å².